The highest BCUT2D eigenvalue weighted by molar-refractivity contribution is 9.10. The number of anilines is 1. The summed E-state index contributed by atoms with van der Waals surface area (Å²) >= 11 is 3.45. The first-order chi connectivity index (χ1) is 12.1. The Hall–Kier alpha value is -2.47. The van der Waals surface area contributed by atoms with Gasteiger partial charge >= 0.3 is 0 Å². The highest BCUT2D eigenvalue weighted by Gasteiger charge is 2.09. The fourth-order valence-corrected chi connectivity index (χ4v) is 2.85. The number of nitrogens with one attached hydrogen (secondary N) is 1. The minimum atomic E-state index is 0.153. The summed E-state index contributed by atoms with van der Waals surface area (Å²) in [5.74, 6) is 1.43. The van der Waals surface area contributed by atoms with Crippen LogP contribution in [0.4, 0.5) is 5.95 Å². The lowest BCUT2D eigenvalue weighted by atomic mass is 10.2. The van der Waals surface area contributed by atoms with Crippen molar-refractivity contribution in [2.45, 2.75) is 13.5 Å². The molecule has 1 aromatic heterocycles. The molecule has 0 fully saturated rings. The summed E-state index contributed by atoms with van der Waals surface area (Å²) in [6, 6.07) is 13.5. The number of hydrogen-bond donors (Lipinski definition) is 2. The highest BCUT2D eigenvalue weighted by atomic mass is 79.9. The van der Waals surface area contributed by atoms with Crippen molar-refractivity contribution >= 4 is 21.9 Å². The van der Waals surface area contributed by atoms with Crippen LogP contribution in [-0.2, 0) is 13.6 Å². The molecule has 0 spiro atoms. The van der Waals surface area contributed by atoms with Crippen LogP contribution in [0.5, 0.6) is 11.5 Å². The molecule has 0 saturated carbocycles. The van der Waals surface area contributed by atoms with Gasteiger partial charge in [-0.25, -0.2) is 4.98 Å². The van der Waals surface area contributed by atoms with Gasteiger partial charge in [-0.1, -0.05) is 34.1 Å². The van der Waals surface area contributed by atoms with Crippen LogP contribution in [0.15, 0.2) is 53.1 Å². The van der Waals surface area contributed by atoms with Crippen molar-refractivity contribution in [2.75, 3.05) is 11.9 Å². The molecular formula is C19H20BrN3O2. The fraction of sp³-hybridized carbons (Fsp3) is 0.211. The predicted molar refractivity (Wildman–Crippen MR) is 103 cm³/mol. The lowest BCUT2D eigenvalue weighted by Crippen LogP contribution is -2.06. The third-order valence-corrected chi connectivity index (χ3v) is 4.43. The number of rotatable bonds is 6. The summed E-state index contributed by atoms with van der Waals surface area (Å²) in [6.07, 6.45) is 1.86. The van der Waals surface area contributed by atoms with E-state index in [0.29, 0.717) is 18.9 Å². The zero-order valence-electron chi connectivity index (χ0n) is 14.2. The summed E-state index contributed by atoms with van der Waals surface area (Å²) in [5, 5.41) is 13.1. The third-order valence-electron chi connectivity index (χ3n) is 3.90. The Bertz CT molecular complexity index is 860. The minimum absolute atomic E-state index is 0.153. The maximum absolute atomic E-state index is 9.78. The molecule has 0 unspecified atom stereocenters. The van der Waals surface area contributed by atoms with E-state index in [2.05, 4.69) is 38.4 Å². The monoisotopic (exact) mass is 401 g/mol. The third kappa shape index (κ3) is 3.96. The molecule has 1 heterocycles. The number of halogens is 1. The molecular weight excluding hydrogens is 382 g/mol. The summed E-state index contributed by atoms with van der Waals surface area (Å²) < 4.78 is 8.49. The molecule has 0 amide bonds. The minimum Gasteiger partial charge on any atom is -0.504 e. The lowest BCUT2D eigenvalue weighted by molar-refractivity contribution is 0.318. The predicted octanol–water partition coefficient (Wildman–Crippen LogP) is 4.57. The van der Waals surface area contributed by atoms with Crippen LogP contribution in [0.1, 0.15) is 12.5 Å². The number of imidazole rings is 1. The standard InChI is InChI=1S/C19H20BrN3O2/c1-3-25-18-10-13(4-9-17(18)24)11-21-19-22-12-16(23(19)2)14-5-7-15(20)8-6-14/h4-10,12,24H,3,11H2,1-2H3,(H,21,22). The van der Waals surface area contributed by atoms with Gasteiger partial charge in [0.15, 0.2) is 11.5 Å². The Morgan fingerprint density at radius 3 is 2.68 bits per heavy atom. The van der Waals surface area contributed by atoms with E-state index in [4.69, 9.17) is 4.74 Å². The first kappa shape index (κ1) is 17.4. The smallest absolute Gasteiger partial charge is 0.203 e. The van der Waals surface area contributed by atoms with Crippen LogP contribution < -0.4 is 10.1 Å². The Morgan fingerprint density at radius 2 is 1.96 bits per heavy atom. The maximum Gasteiger partial charge on any atom is 0.203 e. The summed E-state index contributed by atoms with van der Waals surface area (Å²) in [4.78, 5) is 4.47. The van der Waals surface area contributed by atoms with Crippen LogP contribution >= 0.6 is 15.9 Å². The largest absolute Gasteiger partial charge is 0.504 e. The molecule has 6 heteroatoms. The van der Waals surface area contributed by atoms with Crippen molar-refractivity contribution in [1.82, 2.24) is 9.55 Å². The number of ether oxygens (including phenoxy) is 1. The molecule has 0 aliphatic rings. The van der Waals surface area contributed by atoms with Gasteiger partial charge in [0.25, 0.3) is 0 Å². The van der Waals surface area contributed by atoms with E-state index in [0.717, 1.165) is 27.2 Å². The molecule has 0 aliphatic heterocycles. The summed E-state index contributed by atoms with van der Waals surface area (Å²) in [5.41, 5.74) is 3.15. The first-order valence-electron chi connectivity index (χ1n) is 8.04. The van der Waals surface area contributed by atoms with Gasteiger partial charge < -0.3 is 19.7 Å². The van der Waals surface area contributed by atoms with Crippen molar-refractivity contribution in [3.8, 4) is 22.8 Å². The number of phenolic OH excluding ortho intramolecular Hbond substituents is 1. The van der Waals surface area contributed by atoms with E-state index in [1.54, 1.807) is 6.07 Å². The van der Waals surface area contributed by atoms with Gasteiger partial charge in [-0.3, -0.25) is 0 Å². The van der Waals surface area contributed by atoms with Crippen molar-refractivity contribution in [1.29, 1.82) is 0 Å². The highest BCUT2D eigenvalue weighted by Crippen LogP contribution is 2.28. The van der Waals surface area contributed by atoms with Gasteiger partial charge in [0.05, 0.1) is 18.5 Å². The molecule has 2 aromatic carbocycles. The Kier molecular flexibility index (Phi) is 5.28. The average Bonchev–Trinajstić information content (AvgIpc) is 2.97. The maximum atomic E-state index is 9.78. The van der Waals surface area contributed by atoms with E-state index in [1.807, 2.05) is 49.0 Å². The van der Waals surface area contributed by atoms with Crippen molar-refractivity contribution in [3.05, 3.63) is 58.7 Å². The SMILES string of the molecule is CCOc1cc(CNc2ncc(-c3ccc(Br)cc3)n2C)ccc1O. The van der Waals surface area contributed by atoms with Gasteiger partial charge in [-0.05, 0) is 42.3 Å². The Labute approximate surface area is 155 Å². The quantitative estimate of drug-likeness (QED) is 0.635. The average molecular weight is 402 g/mol. The normalized spacial score (nSPS) is 10.7. The van der Waals surface area contributed by atoms with E-state index >= 15 is 0 Å². The van der Waals surface area contributed by atoms with Crippen LogP contribution in [0.2, 0.25) is 0 Å². The number of hydrogen-bond acceptors (Lipinski definition) is 4. The van der Waals surface area contributed by atoms with Gasteiger partial charge in [-0.15, -0.1) is 0 Å². The topological polar surface area (TPSA) is 59.3 Å². The van der Waals surface area contributed by atoms with E-state index in [-0.39, 0.29) is 5.75 Å². The van der Waals surface area contributed by atoms with Gasteiger partial charge in [0.2, 0.25) is 5.95 Å². The van der Waals surface area contributed by atoms with E-state index in [9.17, 15) is 5.11 Å². The molecule has 0 aliphatic carbocycles. The zero-order chi connectivity index (χ0) is 17.8. The Balaban J connectivity index is 1.74. The molecule has 130 valence electrons. The van der Waals surface area contributed by atoms with Crippen LogP contribution in [0, 0.1) is 0 Å². The summed E-state index contributed by atoms with van der Waals surface area (Å²) in [7, 11) is 1.98. The Morgan fingerprint density at radius 1 is 1.20 bits per heavy atom. The van der Waals surface area contributed by atoms with Crippen LogP contribution in [0.25, 0.3) is 11.3 Å². The summed E-state index contributed by atoms with van der Waals surface area (Å²) in [6.45, 7) is 2.99. The van der Waals surface area contributed by atoms with Crippen LogP contribution in [-0.4, -0.2) is 21.3 Å². The van der Waals surface area contributed by atoms with E-state index < -0.39 is 0 Å². The molecule has 25 heavy (non-hydrogen) atoms. The molecule has 3 aromatic rings. The molecule has 0 bridgehead atoms. The first-order valence-corrected chi connectivity index (χ1v) is 8.84. The van der Waals surface area contributed by atoms with Gasteiger partial charge in [0.1, 0.15) is 0 Å². The fourth-order valence-electron chi connectivity index (χ4n) is 2.58. The molecule has 5 nitrogen and oxygen atoms in total. The van der Waals surface area contributed by atoms with Crippen molar-refractivity contribution in [3.63, 3.8) is 0 Å². The lowest BCUT2D eigenvalue weighted by Gasteiger charge is -2.11. The number of aromatic hydroxyl groups is 1. The second-order valence-corrected chi connectivity index (χ2v) is 6.54. The second-order valence-electron chi connectivity index (χ2n) is 5.62. The number of aromatic nitrogens is 2. The molecule has 2 N–H and O–H groups in total. The molecule has 0 saturated heterocycles. The molecule has 0 atom stereocenters. The van der Waals surface area contributed by atoms with Gasteiger partial charge in [-0.2, -0.15) is 0 Å². The van der Waals surface area contributed by atoms with Crippen molar-refractivity contribution < 1.29 is 9.84 Å². The second kappa shape index (κ2) is 7.61. The van der Waals surface area contributed by atoms with Crippen LogP contribution in [0.3, 0.4) is 0 Å². The van der Waals surface area contributed by atoms with Gasteiger partial charge in [0, 0.05) is 18.1 Å². The molecule has 3 rings (SSSR count). The molecule has 0 radical (unpaired) electrons. The van der Waals surface area contributed by atoms with E-state index in [1.165, 1.54) is 0 Å². The zero-order valence-corrected chi connectivity index (χ0v) is 15.7. The number of phenols is 1. The number of benzene rings is 2. The number of nitrogens with zero attached hydrogens (tertiary/aromatic N) is 2. The van der Waals surface area contributed by atoms with Crippen molar-refractivity contribution in [2.24, 2.45) is 7.05 Å².